The lowest BCUT2D eigenvalue weighted by molar-refractivity contribution is -0.149. The number of nitrogens with zero attached hydrogens (tertiary/aromatic N) is 5. The Hall–Kier alpha value is -2.65. The molecule has 9 heteroatoms. The molecule has 0 aromatic carbocycles. The van der Waals surface area contributed by atoms with Gasteiger partial charge in [-0.25, -0.2) is 0 Å². The maximum absolute atomic E-state index is 12.9. The molecule has 2 atom stereocenters. The minimum Gasteiger partial charge on any atom is -0.468 e. The first-order valence-corrected chi connectivity index (χ1v) is 10.9. The number of aryl methyl sites for hydroxylation is 1. The number of carbonyl (C=O) groups is 2. The predicted octanol–water partition coefficient (Wildman–Crippen LogP) is 0.764. The van der Waals surface area contributed by atoms with Gasteiger partial charge in [0.1, 0.15) is 5.76 Å². The maximum Gasteiger partial charge on any atom is 0.311 e. The Bertz CT molecular complexity index is 880. The van der Waals surface area contributed by atoms with Gasteiger partial charge in [-0.2, -0.15) is 5.10 Å². The molecule has 2 saturated heterocycles. The number of piperazine rings is 1. The Labute approximate surface area is 182 Å². The van der Waals surface area contributed by atoms with Crippen LogP contribution in [0.15, 0.2) is 35.1 Å². The molecule has 2 aliphatic heterocycles. The topological polar surface area (TPSA) is 84.0 Å². The van der Waals surface area contributed by atoms with Crippen LogP contribution in [0, 0.1) is 5.92 Å². The van der Waals surface area contributed by atoms with Gasteiger partial charge in [-0.1, -0.05) is 0 Å². The van der Waals surface area contributed by atoms with Crippen molar-refractivity contribution < 1.29 is 18.7 Å². The van der Waals surface area contributed by atoms with Crippen LogP contribution >= 0.6 is 0 Å². The molecular weight excluding hydrogens is 398 g/mol. The molecule has 0 saturated carbocycles. The van der Waals surface area contributed by atoms with E-state index in [2.05, 4.69) is 14.9 Å². The van der Waals surface area contributed by atoms with E-state index < -0.39 is 0 Å². The second kappa shape index (κ2) is 9.65. The third-order valence-corrected chi connectivity index (χ3v) is 6.04. The summed E-state index contributed by atoms with van der Waals surface area (Å²) in [6.07, 6.45) is 3.84. The van der Waals surface area contributed by atoms with Gasteiger partial charge in [-0.05, 0) is 25.1 Å². The molecule has 0 radical (unpaired) electrons. The first-order chi connectivity index (χ1) is 15.0. The highest BCUT2D eigenvalue weighted by Crippen LogP contribution is 2.22. The van der Waals surface area contributed by atoms with Crippen molar-refractivity contribution in [3.63, 3.8) is 0 Å². The number of fused-ring (bicyclic) bond motifs is 1. The number of esters is 1. The molecule has 0 spiro atoms. The van der Waals surface area contributed by atoms with Gasteiger partial charge < -0.3 is 14.1 Å². The molecule has 168 valence electrons. The molecule has 1 amide bonds. The quantitative estimate of drug-likeness (QED) is 0.627. The Morgan fingerprint density at radius 1 is 1.19 bits per heavy atom. The average molecular weight is 430 g/mol. The van der Waals surface area contributed by atoms with Gasteiger partial charge in [-0.15, -0.1) is 0 Å². The summed E-state index contributed by atoms with van der Waals surface area (Å²) in [4.78, 5) is 32.0. The van der Waals surface area contributed by atoms with Gasteiger partial charge in [0.2, 0.25) is 5.91 Å². The van der Waals surface area contributed by atoms with Crippen molar-refractivity contribution >= 4 is 11.9 Å². The summed E-state index contributed by atoms with van der Waals surface area (Å²) < 4.78 is 12.6. The van der Waals surface area contributed by atoms with Crippen molar-refractivity contribution in [3.8, 4) is 0 Å². The second-order valence-corrected chi connectivity index (χ2v) is 8.37. The van der Waals surface area contributed by atoms with Crippen LogP contribution in [-0.4, -0.2) is 88.3 Å². The highest BCUT2D eigenvalue weighted by atomic mass is 16.5. The molecule has 9 nitrogen and oxygen atoms in total. The molecule has 2 aromatic heterocycles. The summed E-state index contributed by atoms with van der Waals surface area (Å²) in [6.45, 7) is 6.96. The molecule has 0 bridgehead atoms. The molecule has 2 aromatic rings. The third-order valence-electron chi connectivity index (χ3n) is 6.04. The zero-order chi connectivity index (χ0) is 21.8. The fraction of sp³-hybridized carbons (Fsp3) is 0.591. The normalized spacial score (nSPS) is 22.7. The fourth-order valence-corrected chi connectivity index (χ4v) is 4.54. The van der Waals surface area contributed by atoms with Gasteiger partial charge in [0, 0.05) is 58.6 Å². The zero-order valence-electron chi connectivity index (χ0n) is 18.3. The minimum absolute atomic E-state index is 0.0992. The lowest BCUT2D eigenvalue weighted by Crippen LogP contribution is -2.57. The van der Waals surface area contributed by atoms with E-state index in [-0.39, 0.29) is 23.8 Å². The fourth-order valence-electron chi connectivity index (χ4n) is 4.54. The van der Waals surface area contributed by atoms with Crippen LogP contribution in [0.4, 0.5) is 0 Å². The zero-order valence-corrected chi connectivity index (χ0v) is 18.3. The van der Waals surface area contributed by atoms with Gasteiger partial charge >= 0.3 is 5.97 Å². The van der Waals surface area contributed by atoms with E-state index in [1.54, 1.807) is 10.9 Å². The number of carbonyl (C=O) groups excluding carboxylic acids is 2. The molecule has 0 N–H and O–H groups in total. The molecule has 31 heavy (non-hydrogen) atoms. The second-order valence-electron chi connectivity index (χ2n) is 8.37. The molecule has 4 rings (SSSR count). The number of furan rings is 1. The van der Waals surface area contributed by atoms with Gasteiger partial charge in [0.15, 0.2) is 0 Å². The number of rotatable bonds is 6. The molecule has 2 fully saturated rings. The Balaban J connectivity index is 1.45. The van der Waals surface area contributed by atoms with Crippen molar-refractivity contribution in [2.45, 2.75) is 25.9 Å². The van der Waals surface area contributed by atoms with Crippen LogP contribution in [-0.2, 0) is 34.3 Å². The van der Waals surface area contributed by atoms with E-state index in [4.69, 9.17) is 9.15 Å². The molecule has 2 aliphatic rings. The SMILES string of the molecule is CCOC(=O)[C@@H]1CN(Cc2ccco2)C[C@H]2CN(C(=O)Cc3ccn(C)n3)CCN2C1. The smallest absolute Gasteiger partial charge is 0.311 e. The summed E-state index contributed by atoms with van der Waals surface area (Å²) in [6, 6.07) is 5.87. The van der Waals surface area contributed by atoms with Crippen molar-refractivity contribution in [2.24, 2.45) is 13.0 Å². The Morgan fingerprint density at radius 3 is 2.77 bits per heavy atom. The van der Waals surface area contributed by atoms with Crippen LogP contribution in [0.3, 0.4) is 0 Å². The molecular formula is C22H31N5O4. The molecule has 4 heterocycles. The van der Waals surface area contributed by atoms with Gasteiger partial charge in [-0.3, -0.25) is 24.1 Å². The molecule has 0 unspecified atom stereocenters. The number of hydrogen-bond donors (Lipinski definition) is 0. The largest absolute Gasteiger partial charge is 0.468 e. The van der Waals surface area contributed by atoms with Crippen molar-refractivity contribution in [3.05, 3.63) is 42.1 Å². The van der Waals surface area contributed by atoms with Crippen molar-refractivity contribution in [1.29, 1.82) is 0 Å². The highest BCUT2D eigenvalue weighted by molar-refractivity contribution is 5.78. The Kier molecular flexibility index (Phi) is 6.72. The average Bonchev–Trinajstić information content (AvgIpc) is 3.35. The third kappa shape index (κ3) is 5.34. The number of aromatic nitrogens is 2. The number of ether oxygens (including phenoxy) is 1. The first kappa shape index (κ1) is 21.6. The van der Waals surface area contributed by atoms with Crippen molar-refractivity contribution in [1.82, 2.24) is 24.5 Å². The maximum atomic E-state index is 12.9. The lowest BCUT2D eigenvalue weighted by Gasteiger charge is -2.41. The summed E-state index contributed by atoms with van der Waals surface area (Å²) in [5, 5.41) is 4.33. The van der Waals surface area contributed by atoms with E-state index in [0.29, 0.717) is 45.8 Å². The monoisotopic (exact) mass is 429 g/mol. The summed E-state index contributed by atoms with van der Waals surface area (Å²) in [5.41, 5.74) is 0.789. The van der Waals surface area contributed by atoms with E-state index in [1.165, 1.54) is 0 Å². The van der Waals surface area contributed by atoms with Crippen LogP contribution < -0.4 is 0 Å². The standard InChI is InChI=1S/C22H31N5O4/c1-3-30-22(29)17-12-25(16-20-5-4-10-31-20)14-19-15-27(9-8-26(19)13-17)21(28)11-18-6-7-24(2)23-18/h4-7,10,17,19H,3,8-9,11-16H2,1-2H3/t17-,19+/m1/s1. The highest BCUT2D eigenvalue weighted by Gasteiger charge is 2.38. The summed E-state index contributed by atoms with van der Waals surface area (Å²) in [5.74, 6) is 0.606. The molecule has 0 aliphatic carbocycles. The Morgan fingerprint density at radius 2 is 2.06 bits per heavy atom. The predicted molar refractivity (Wildman–Crippen MR) is 113 cm³/mol. The summed E-state index contributed by atoms with van der Waals surface area (Å²) >= 11 is 0. The minimum atomic E-state index is -0.212. The van der Waals surface area contributed by atoms with E-state index in [9.17, 15) is 9.59 Å². The van der Waals surface area contributed by atoms with E-state index >= 15 is 0 Å². The number of amides is 1. The van der Waals surface area contributed by atoms with Crippen LogP contribution in [0.5, 0.6) is 0 Å². The first-order valence-electron chi connectivity index (χ1n) is 10.9. The van der Waals surface area contributed by atoms with Crippen LogP contribution in [0.1, 0.15) is 18.4 Å². The van der Waals surface area contributed by atoms with Crippen molar-refractivity contribution in [2.75, 3.05) is 45.9 Å². The van der Waals surface area contributed by atoms with Gasteiger partial charge in [0.25, 0.3) is 0 Å². The lowest BCUT2D eigenvalue weighted by atomic mass is 10.1. The van der Waals surface area contributed by atoms with Gasteiger partial charge in [0.05, 0.1) is 37.4 Å². The van der Waals surface area contributed by atoms with Crippen LogP contribution in [0.2, 0.25) is 0 Å². The summed E-state index contributed by atoms with van der Waals surface area (Å²) in [7, 11) is 1.85. The van der Waals surface area contributed by atoms with E-state index in [0.717, 1.165) is 24.5 Å². The number of hydrogen-bond acceptors (Lipinski definition) is 7. The van der Waals surface area contributed by atoms with E-state index in [1.807, 2.05) is 43.3 Å². The van der Waals surface area contributed by atoms with Crippen LogP contribution in [0.25, 0.3) is 0 Å².